The molecule has 94 valence electrons. The van der Waals surface area contributed by atoms with E-state index in [-0.39, 0.29) is 11.0 Å². The van der Waals surface area contributed by atoms with E-state index in [0.29, 0.717) is 0 Å². The second-order valence-electron chi connectivity index (χ2n) is 5.80. The van der Waals surface area contributed by atoms with Crippen LogP contribution in [0, 0.1) is 0 Å². The van der Waals surface area contributed by atoms with Crippen molar-refractivity contribution in [3.63, 3.8) is 0 Å². The van der Waals surface area contributed by atoms with Gasteiger partial charge in [-0.25, -0.2) is 4.68 Å². The van der Waals surface area contributed by atoms with E-state index in [1.54, 1.807) is 6.20 Å². The Hall–Kier alpha value is -1.61. The smallest absolute Gasteiger partial charge is 0.0645 e. The molecule has 0 unspecified atom stereocenters. The van der Waals surface area contributed by atoms with Gasteiger partial charge in [0.2, 0.25) is 0 Å². The Morgan fingerprint density at radius 1 is 1.22 bits per heavy atom. The molecule has 1 fully saturated rings. The number of nitrogens with two attached hydrogens (primary N) is 1. The molecule has 1 saturated carbocycles. The highest BCUT2D eigenvalue weighted by atomic mass is 15.3. The van der Waals surface area contributed by atoms with Crippen molar-refractivity contribution in [2.45, 2.75) is 37.6 Å². The molecule has 2 N–H and O–H groups in total. The van der Waals surface area contributed by atoms with Crippen LogP contribution in [0.3, 0.4) is 0 Å². The highest BCUT2D eigenvalue weighted by Crippen LogP contribution is 2.54. The minimum Gasteiger partial charge on any atom is -0.325 e. The van der Waals surface area contributed by atoms with Crippen LogP contribution in [0.15, 0.2) is 42.7 Å². The largest absolute Gasteiger partial charge is 0.325 e. The summed E-state index contributed by atoms with van der Waals surface area (Å²) in [5.41, 5.74) is 8.79. The fourth-order valence-electron chi connectivity index (χ4n) is 2.78. The summed E-state index contributed by atoms with van der Waals surface area (Å²) in [7, 11) is 0. The average molecular weight is 241 g/mol. The van der Waals surface area contributed by atoms with Gasteiger partial charge in [-0.05, 0) is 50.5 Å². The van der Waals surface area contributed by atoms with Crippen molar-refractivity contribution in [2.75, 3.05) is 0 Å². The van der Waals surface area contributed by atoms with Gasteiger partial charge in [0.15, 0.2) is 0 Å². The highest BCUT2D eigenvalue weighted by Gasteiger charge is 2.53. The summed E-state index contributed by atoms with van der Waals surface area (Å²) in [6, 6.07) is 10.6. The first-order valence-corrected chi connectivity index (χ1v) is 6.42. The van der Waals surface area contributed by atoms with Crippen molar-refractivity contribution in [3.05, 3.63) is 48.3 Å². The summed E-state index contributed by atoms with van der Waals surface area (Å²) in [5.74, 6) is 0. The van der Waals surface area contributed by atoms with Gasteiger partial charge >= 0.3 is 0 Å². The number of hydrogen-bond donors (Lipinski definition) is 1. The van der Waals surface area contributed by atoms with Crippen molar-refractivity contribution in [1.29, 1.82) is 0 Å². The van der Waals surface area contributed by atoms with E-state index in [0.717, 1.165) is 5.69 Å². The molecular weight excluding hydrogens is 222 g/mol. The molecule has 0 bridgehead atoms. The molecule has 1 heterocycles. The van der Waals surface area contributed by atoms with E-state index in [2.05, 4.69) is 43.2 Å². The third-order valence-electron chi connectivity index (χ3n) is 4.17. The monoisotopic (exact) mass is 241 g/mol. The molecular formula is C15H19N3. The zero-order valence-electron chi connectivity index (χ0n) is 10.9. The highest BCUT2D eigenvalue weighted by molar-refractivity contribution is 5.42. The number of rotatable bonds is 3. The number of hydrogen-bond acceptors (Lipinski definition) is 2. The molecule has 1 aromatic carbocycles. The Kier molecular flexibility index (Phi) is 2.35. The predicted molar refractivity (Wildman–Crippen MR) is 72.7 cm³/mol. The average Bonchev–Trinajstić information content (AvgIpc) is 2.99. The van der Waals surface area contributed by atoms with Crippen molar-refractivity contribution in [2.24, 2.45) is 5.73 Å². The molecule has 3 rings (SSSR count). The molecule has 1 aromatic heterocycles. The summed E-state index contributed by atoms with van der Waals surface area (Å²) in [5, 5.41) is 4.23. The summed E-state index contributed by atoms with van der Waals surface area (Å²) < 4.78 is 1.87. The van der Waals surface area contributed by atoms with Crippen LogP contribution in [0.5, 0.6) is 0 Å². The topological polar surface area (TPSA) is 43.8 Å². The van der Waals surface area contributed by atoms with Gasteiger partial charge in [0.1, 0.15) is 0 Å². The SMILES string of the molecule is CC(C)(N)C1(c2ccc(-n3cccn3)cc2)CC1. The lowest BCUT2D eigenvalue weighted by Crippen LogP contribution is -2.45. The Morgan fingerprint density at radius 2 is 1.89 bits per heavy atom. The number of nitrogens with zero attached hydrogens (tertiary/aromatic N) is 2. The van der Waals surface area contributed by atoms with Crippen LogP contribution in [0.2, 0.25) is 0 Å². The van der Waals surface area contributed by atoms with Gasteiger partial charge in [0, 0.05) is 23.3 Å². The summed E-state index contributed by atoms with van der Waals surface area (Å²) in [6.07, 6.45) is 6.13. The van der Waals surface area contributed by atoms with Crippen LogP contribution in [0.4, 0.5) is 0 Å². The Morgan fingerprint density at radius 3 is 2.33 bits per heavy atom. The Labute approximate surface area is 108 Å². The van der Waals surface area contributed by atoms with Crippen LogP contribution in [0.1, 0.15) is 32.3 Å². The maximum atomic E-state index is 6.32. The zero-order chi connectivity index (χ0) is 12.8. The van der Waals surface area contributed by atoms with Gasteiger partial charge < -0.3 is 5.73 Å². The molecule has 0 saturated heterocycles. The van der Waals surface area contributed by atoms with Crippen molar-refractivity contribution in [3.8, 4) is 5.69 Å². The van der Waals surface area contributed by atoms with E-state index in [4.69, 9.17) is 5.73 Å². The Bertz CT molecular complexity index is 528. The molecule has 3 heteroatoms. The Balaban J connectivity index is 1.93. The molecule has 1 aliphatic carbocycles. The summed E-state index contributed by atoms with van der Waals surface area (Å²) in [4.78, 5) is 0. The fourth-order valence-corrected chi connectivity index (χ4v) is 2.78. The van der Waals surface area contributed by atoms with E-state index in [1.807, 2.05) is 16.9 Å². The summed E-state index contributed by atoms with van der Waals surface area (Å²) >= 11 is 0. The lowest BCUT2D eigenvalue weighted by atomic mass is 9.79. The van der Waals surface area contributed by atoms with Crippen LogP contribution in [0.25, 0.3) is 5.69 Å². The van der Waals surface area contributed by atoms with Gasteiger partial charge in [0.05, 0.1) is 5.69 Å². The lowest BCUT2D eigenvalue weighted by Gasteiger charge is -2.31. The van der Waals surface area contributed by atoms with E-state index in [1.165, 1.54) is 18.4 Å². The molecule has 2 aromatic rings. The first-order valence-electron chi connectivity index (χ1n) is 6.42. The van der Waals surface area contributed by atoms with Crippen molar-refractivity contribution >= 4 is 0 Å². The van der Waals surface area contributed by atoms with Gasteiger partial charge in [-0.2, -0.15) is 5.10 Å². The van der Waals surface area contributed by atoms with E-state index < -0.39 is 0 Å². The number of aromatic nitrogens is 2. The predicted octanol–water partition coefficient (Wildman–Crippen LogP) is 2.64. The van der Waals surface area contributed by atoms with E-state index >= 15 is 0 Å². The van der Waals surface area contributed by atoms with Crippen molar-refractivity contribution in [1.82, 2.24) is 9.78 Å². The third kappa shape index (κ3) is 1.66. The number of benzene rings is 1. The van der Waals surface area contributed by atoms with Gasteiger partial charge in [-0.3, -0.25) is 0 Å². The zero-order valence-corrected chi connectivity index (χ0v) is 10.9. The fraction of sp³-hybridized carbons (Fsp3) is 0.400. The lowest BCUT2D eigenvalue weighted by molar-refractivity contribution is 0.391. The molecule has 18 heavy (non-hydrogen) atoms. The second kappa shape index (κ2) is 3.69. The third-order valence-corrected chi connectivity index (χ3v) is 4.17. The maximum absolute atomic E-state index is 6.32. The first kappa shape index (κ1) is 11.5. The minimum atomic E-state index is -0.153. The summed E-state index contributed by atoms with van der Waals surface area (Å²) in [6.45, 7) is 4.25. The molecule has 1 aliphatic rings. The van der Waals surface area contributed by atoms with E-state index in [9.17, 15) is 0 Å². The quantitative estimate of drug-likeness (QED) is 0.897. The molecule has 0 radical (unpaired) electrons. The normalized spacial score (nSPS) is 17.7. The molecule has 0 aliphatic heterocycles. The van der Waals surface area contributed by atoms with Crippen LogP contribution >= 0.6 is 0 Å². The molecule has 0 spiro atoms. The van der Waals surface area contributed by atoms with Crippen LogP contribution in [-0.2, 0) is 5.41 Å². The maximum Gasteiger partial charge on any atom is 0.0645 e. The standard InChI is InChI=1S/C15H19N3/c1-14(2,16)15(8-9-15)12-4-6-13(7-5-12)18-11-3-10-17-18/h3-7,10-11H,8-9,16H2,1-2H3. The van der Waals surface area contributed by atoms with Gasteiger partial charge in [-0.15, -0.1) is 0 Å². The van der Waals surface area contributed by atoms with Crippen molar-refractivity contribution < 1.29 is 0 Å². The molecule has 3 nitrogen and oxygen atoms in total. The molecule has 0 atom stereocenters. The van der Waals surface area contributed by atoms with Gasteiger partial charge in [0.25, 0.3) is 0 Å². The van der Waals surface area contributed by atoms with Crippen LogP contribution < -0.4 is 5.73 Å². The first-order chi connectivity index (χ1) is 8.53. The van der Waals surface area contributed by atoms with Gasteiger partial charge in [-0.1, -0.05) is 12.1 Å². The van der Waals surface area contributed by atoms with Crippen LogP contribution in [-0.4, -0.2) is 15.3 Å². The molecule has 0 amide bonds. The minimum absolute atomic E-state index is 0.153. The second-order valence-corrected chi connectivity index (χ2v) is 5.80.